The predicted molar refractivity (Wildman–Crippen MR) is 86.8 cm³/mol. The first-order valence-electron chi connectivity index (χ1n) is 8.64. The van der Waals surface area contributed by atoms with Gasteiger partial charge in [-0.15, -0.1) is 0 Å². The van der Waals surface area contributed by atoms with Crippen molar-refractivity contribution in [3.8, 4) is 0 Å². The van der Waals surface area contributed by atoms with E-state index in [9.17, 15) is 9.90 Å². The summed E-state index contributed by atoms with van der Waals surface area (Å²) in [6.45, 7) is 6.54. The molecule has 0 bridgehead atoms. The van der Waals surface area contributed by atoms with Crippen LogP contribution in [0.3, 0.4) is 0 Å². The molecule has 2 saturated carbocycles. The van der Waals surface area contributed by atoms with Gasteiger partial charge in [-0.05, 0) is 40.0 Å². The first kappa shape index (κ1) is 17.5. The van der Waals surface area contributed by atoms with Crippen molar-refractivity contribution in [2.45, 2.75) is 77.0 Å². The summed E-state index contributed by atoms with van der Waals surface area (Å²) in [5, 5.41) is 13.0. The number of rotatable bonds is 5. The van der Waals surface area contributed by atoms with Gasteiger partial charge in [-0.2, -0.15) is 0 Å². The third-order valence-corrected chi connectivity index (χ3v) is 5.21. The second kappa shape index (κ2) is 6.75. The lowest BCUT2D eigenvalue weighted by molar-refractivity contribution is -0.147. The zero-order valence-electron chi connectivity index (χ0n) is 14.5. The van der Waals surface area contributed by atoms with E-state index in [-0.39, 0.29) is 17.5 Å². The van der Waals surface area contributed by atoms with Gasteiger partial charge < -0.3 is 20.1 Å². The Morgan fingerprint density at radius 1 is 1.36 bits per heavy atom. The number of nitrogens with one attached hydrogen (secondary N) is 1. The summed E-state index contributed by atoms with van der Waals surface area (Å²) in [5.74, 6) is 0. The van der Waals surface area contributed by atoms with Crippen LogP contribution >= 0.6 is 0 Å². The molecule has 2 amide bonds. The fourth-order valence-electron chi connectivity index (χ4n) is 4.18. The number of aliphatic hydroxyl groups is 1. The number of ether oxygens (including phenoxy) is 1. The molecule has 2 atom stereocenters. The van der Waals surface area contributed by atoms with E-state index in [1.54, 1.807) is 25.8 Å². The van der Waals surface area contributed by atoms with Gasteiger partial charge in [0.25, 0.3) is 0 Å². The minimum atomic E-state index is -0.873. The van der Waals surface area contributed by atoms with Crippen LogP contribution in [-0.4, -0.2) is 54.0 Å². The van der Waals surface area contributed by atoms with Crippen molar-refractivity contribution in [2.75, 3.05) is 20.2 Å². The van der Waals surface area contributed by atoms with E-state index < -0.39 is 5.60 Å². The molecule has 0 aliphatic heterocycles. The highest BCUT2D eigenvalue weighted by Crippen LogP contribution is 2.53. The third kappa shape index (κ3) is 3.74. The van der Waals surface area contributed by atoms with Crippen LogP contribution in [0.4, 0.5) is 4.79 Å². The molecule has 0 aromatic rings. The quantitative estimate of drug-likeness (QED) is 0.820. The molecule has 2 aliphatic rings. The molecule has 0 aromatic heterocycles. The molecule has 2 rings (SSSR count). The molecule has 0 saturated heterocycles. The predicted octanol–water partition coefficient (Wildman–Crippen LogP) is 2.53. The van der Waals surface area contributed by atoms with E-state index in [0.717, 1.165) is 25.9 Å². The Morgan fingerprint density at radius 2 is 2.00 bits per heavy atom. The molecule has 0 aromatic carbocycles. The number of likely N-dealkylation sites (N-methyl/N-ethyl adjacent to an activating group) is 1. The van der Waals surface area contributed by atoms with Crippen LogP contribution in [-0.2, 0) is 4.74 Å². The SMILES string of the molecule is CCOC1CC(NC(=O)N(C)CC(C)(C)O)C12CCCCC2. The fraction of sp³-hybridized carbons (Fsp3) is 0.941. The molecule has 2 unspecified atom stereocenters. The number of carbonyl (C=O) groups is 1. The Labute approximate surface area is 134 Å². The van der Waals surface area contributed by atoms with Gasteiger partial charge in [-0.3, -0.25) is 0 Å². The lowest BCUT2D eigenvalue weighted by Gasteiger charge is -2.57. The van der Waals surface area contributed by atoms with E-state index in [1.807, 2.05) is 6.92 Å². The summed E-state index contributed by atoms with van der Waals surface area (Å²) in [6.07, 6.45) is 7.26. The molecule has 2 aliphatic carbocycles. The van der Waals surface area contributed by atoms with Crippen LogP contribution in [0.15, 0.2) is 0 Å². The van der Waals surface area contributed by atoms with Crippen molar-refractivity contribution in [3.05, 3.63) is 0 Å². The van der Waals surface area contributed by atoms with Crippen LogP contribution in [0.2, 0.25) is 0 Å². The molecule has 0 radical (unpaired) electrons. The van der Waals surface area contributed by atoms with Gasteiger partial charge in [-0.1, -0.05) is 19.3 Å². The van der Waals surface area contributed by atoms with Gasteiger partial charge in [-0.25, -0.2) is 4.79 Å². The maximum Gasteiger partial charge on any atom is 0.317 e. The van der Waals surface area contributed by atoms with Crippen molar-refractivity contribution in [1.82, 2.24) is 10.2 Å². The van der Waals surface area contributed by atoms with Crippen LogP contribution in [0.5, 0.6) is 0 Å². The van der Waals surface area contributed by atoms with Gasteiger partial charge in [0.1, 0.15) is 0 Å². The largest absolute Gasteiger partial charge is 0.389 e. The number of amides is 2. The first-order chi connectivity index (χ1) is 10.3. The summed E-state index contributed by atoms with van der Waals surface area (Å²) < 4.78 is 5.92. The van der Waals surface area contributed by atoms with Gasteiger partial charge in [0.2, 0.25) is 0 Å². The second-order valence-electron chi connectivity index (χ2n) is 7.64. The van der Waals surface area contributed by atoms with Crippen molar-refractivity contribution >= 4 is 6.03 Å². The van der Waals surface area contributed by atoms with E-state index in [1.165, 1.54) is 19.3 Å². The van der Waals surface area contributed by atoms with Crippen molar-refractivity contribution in [1.29, 1.82) is 0 Å². The number of nitrogens with zero attached hydrogens (tertiary/aromatic N) is 1. The molecular formula is C17H32N2O3. The van der Waals surface area contributed by atoms with E-state index in [0.29, 0.717) is 12.6 Å². The Bertz CT molecular complexity index is 386. The summed E-state index contributed by atoms with van der Waals surface area (Å²) in [4.78, 5) is 14.0. The van der Waals surface area contributed by atoms with E-state index >= 15 is 0 Å². The topological polar surface area (TPSA) is 61.8 Å². The average Bonchev–Trinajstić information content (AvgIpc) is 2.45. The summed E-state index contributed by atoms with van der Waals surface area (Å²) in [6, 6.07) is 0.119. The Hall–Kier alpha value is -0.810. The highest BCUT2D eigenvalue weighted by atomic mass is 16.5. The van der Waals surface area contributed by atoms with Crippen molar-refractivity contribution in [2.24, 2.45) is 5.41 Å². The summed E-state index contributed by atoms with van der Waals surface area (Å²) >= 11 is 0. The highest BCUT2D eigenvalue weighted by molar-refractivity contribution is 5.74. The van der Waals surface area contributed by atoms with Gasteiger partial charge in [0, 0.05) is 25.1 Å². The molecule has 5 nitrogen and oxygen atoms in total. The zero-order chi connectivity index (χ0) is 16.4. The number of hydrogen-bond acceptors (Lipinski definition) is 3. The first-order valence-corrected chi connectivity index (χ1v) is 8.64. The monoisotopic (exact) mass is 312 g/mol. The summed E-state index contributed by atoms with van der Waals surface area (Å²) in [7, 11) is 1.74. The number of urea groups is 1. The molecule has 22 heavy (non-hydrogen) atoms. The highest BCUT2D eigenvalue weighted by Gasteiger charge is 2.56. The zero-order valence-corrected chi connectivity index (χ0v) is 14.5. The maximum absolute atomic E-state index is 12.4. The Morgan fingerprint density at radius 3 is 2.55 bits per heavy atom. The third-order valence-electron chi connectivity index (χ3n) is 5.21. The molecule has 2 N–H and O–H groups in total. The molecule has 2 fully saturated rings. The summed E-state index contributed by atoms with van der Waals surface area (Å²) in [5.41, 5.74) is -0.735. The van der Waals surface area contributed by atoms with Crippen LogP contribution < -0.4 is 5.32 Å². The molecule has 128 valence electrons. The van der Waals surface area contributed by atoms with Crippen LogP contribution in [0, 0.1) is 5.41 Å². The molecule has 0 heterocycles. The van der Waals surface area contributed by atoms with Crippen molar-refractivity contribution in [3.63, 3.8) is 0 Å². The lowest BCUT2D eigenvalue weighted by atomic mass is 9.55. The minimum absolute atomic E-state index is 0.0907. The van der Waals surface area contributed by atoms with Gasteiger partial charge >= 0.3 is 6.03 Å². The average molecular weight is 312 g/mol. The van der Waals surface area contributed by atoms with E-state index in [2.05, 4.69) is 5.32 Å². The lowest BCUT2D eigenvalue weighted by Crippen LogP contribution is -2.66. The molecule has 1 spiro atoms. The molecular weight excluding hydrogens is 280 g/mol. The fourth-order valence-corrected chi connectivity index (χ4v) is 4.18. The van der Waals surface area contributed by atoms with Gasteiger partial charge in [0.05, 0.1) is 18.2 Å². The standard InChI is InChI=1S/C17H32N2O3/c1-5-22-14-11-13(17(14)9-7-6-8-10-17)18-15(20)19(4)12-16(2,3)21/h13-14,21H,5-12H2,1-4H3,(H,18,20). The van der Waals surface area contributed by atoms with Crippen molar-refractivity contribution < 1.29 is 14.6 Å². The van der Waals surface area contributed by atoms with E-state index in [4.69, 9.17) is 4.74 Å². The smallest absolute Gasteiger partial charge is 0.317 e. The number of hydrogen-bond donors (Lipinski definition) is 2. The molecule has 5 heteroatoms. The minimum Gasteiger partial charge on any atom is -0.389 e. The van der Waals surface area contributed by atoms with Gasteiger partial charge in [0.15, 0.2) is 0 Å². The Kier molecular flexibility index (Phi) is 5.38. The second-order valence-corrected chi connectivity index (χ2v) is 7.64. The van der Waals surface area contributed by atoms with Crippen LogP contribution in [0.1, 0.15) is 59.3 Å². The number of carbonyl (C=O) groups excluding carboxylic acids is 1. The normalized spacial score (nSPS) is 27.3. The Balaban J connectivity index is 1.95. The van der Waals surface area contributed by atoms with Crippen LogP contribution in [0.25, 0.3) is 0 Å². The maximum atomic E-state index is 12.4.